The van der Waals surface area contributed by atoms with Crippen molar-refractivity contribution in [1.29, 1.82) is 0 Å². The molecule has 1 aromatic carbocycles. The Morgan fingerprint density at radius 3 is 3.17 bits per heavy atom. The van der Waals surface area contributed by atoms with E-state index in [1.807, 2.05) is 12.1 Å². The van der Waals surface area contributed by atoms with Crippen LogP contribution in [0.4, 0.5) is 4.79 Å². The molecule has 1 saturated heterocycles. The quantitative estimate of drug-likeness (QED) is 0.840. The number of nitrogens with two attached hydrogens (primary N) is 1. The fourth-order valence-corrected chi connectivity index (χ4v) is 2.50. The topological polar surface area (TPSA) is 73.6 Å². The number of hydrogen-bond donors (Lipinski definition) is 2. The van der Waals surface area contributed by atoms with Crippen LogP contribution in [0.15, 0.2) is 18.2 Å². The SMILES string of the molecule is NC1CCc2c(OCC3CNC(=O)O3)cccc21. The third-order valence-electron chi connectivity index (χ3n) is 3.45. The number of nitrogens with one attached hydrogen (secondary N) is 1. The van der Waals surface area contributed by atoms with Gasteiger partial charge in [0.05, 0.1) is 6.54 Å². The molecular weight excluding hydrogens is 232 g/mol. The molecule has 1 amide bonds. The summed E-state index contributed by atoms with van der Waals surface area (Å²) in [6, 6.07) is 6.07. The Labute approximate surface area is 105 Å². The van der Waals surface area contributed by atoms with Gasteiger partial charge in [-0.1, -0.05) is 12.1 Å². The van der Waals surface area contributed by atoms with Crippen molar-refractivity contribution in [3.8, 4) is 5.75 Å². The van der Waals surface area contributed by atoms with Crippen LogP contribution in [0.1, 0.15) is 23.6 Å². The molecule has 5 heteroatoms. The van der Waals surface area contributed by atoms with E-state index in [1.165, 1.54) is 11.1 Å². The number of carbonyl (C=O) groups excluding carboxylic acids is 1. The molecule has 96 valence electrons. The van der Waals surface area contributed by atoms with Gasteiger partial charge in [0, 0.05) is 6.04 Å². The van der Waals surface area contributed by atoms with Crippen LogP contribution in [0.5, 0.6) is 5.75 Å². The second-order valence-corrected chi connectivity index (χ2v) is 4.69. The summed E-state index contributed by atoms with van der Waals surface area (Å²) in [7, 11) is 0. The molecule has 0 saturated carbocycles. The van der Waals surface area contributed by atoms with E-state index in [0.29, 0.717) is 13.2 Å². The Kier molecular flexibility index (Phi) is 2.83. The normalized spacial score (nSPS) is 25.5. The zero-order chi connectivity index (χ0) is 12.5. The maximum Gasteiger partial charge on any atom is 0.407 e. The molecular formula is C13H16N2O3. The summed E-state index contributed by atoms with van der Waals surface area (Å²) < 4.78 is 10.8. The predicted molar refractivity (Wildman–Crippen MR) is 65.5 cm³/mol. The summed E-state index contributed by atoms with van der Waals surface area (Å²) >= 11 is 0. The highest BCUT2D eigenvalue weighted by molar-refractivity contribution is 5.69. The molecule has 1 aromatic rings. The van der Waals surface area contributed by atoms with Crippen LogP contribution in [0.2, 0.25) is 0 Å². The van der Waals surface area contributed by atoms with Crippen molar-refractivity contribution in [2.75, 3.05) is 13.2 Å². The lowest BCUT2D eigenvalue weighted by Gasteiger charge is -2.13. The summed E-state index contributed by atoms with van der Waals surface area (Å²) in [5.74, 6) is 0.864. The maximum atomic E-state index is 10.9. The summed E-state index contributed by atoms with van der Waals surface area (Å²) in [5.41, 5.74) is 8.39. The summed E-state index contributed by atoms with van der Waals surface area (Å²) in [6.07, 6.45) is 1.35. The van der Waals surface area contributed by atoms with Gasteiger partial charge in [-0.3, -0.25) is 0 Å². The minimum Gasteiger partial charge on any atom is -0.489 e. The van der Waals surface area contributed by atoms with E-state index < -0.39 is 0 Å². The minimum atomic E-state index is -0.371. The zero-order valence-corrected chi connectivity index (χ0v) is 10.0. The van der Waals surface area contributed by atoms with Crippen LogP contribution in [0.25, 0.3) is 0 Å². The monoisotopic (exact) mass is 248 g/mol. The highest BCUT2D eigenvalue weighted by Gasteiger charge is 2.25. The van der Waals surface area contributed by atoms with Crippen molar-refractivity contribution in [2.24, 2.45) is 5.73 Å². The summed E-state index contributed by atoms with van der Waals surface area (Å²) in [5, 5.41) is 2.60. The van der Waals surface area contributed by atoms with Crippen molar-refractivity contribution in [2.45, 2.75) is 25.0 Å². The predicted octanol–water partition coefficient (Wildman–Crippen LogP) is 1.12. The lowest BCUT2D eigenvalue weighted by atomic mass is 10.1. The van der Waals surface area contributed by atoms with Crippen LogP contribution >= 0.6 is 0 Å². The fourth-order valence-electron chi connectivity index (χ4n) is 2.50. The molecule has 2 unspecified atom stereocenters. The number of benzene rings is 1. The highest BCUT2D eigenvalue weighted by Crippen LogP contribution is 2.35. The molecule has 2 atom stereocenters. The largest absolute Gasteiger partial charge is 0.489 e. The van der Waals surface area contributed by atoms with Crippen LogP contribution in [-0.2, 0) is 11.2 Å². The minimum absolute atomic E-state index is 0.120. The molecule has 18 heavy (non-hydrogen) atoms. The van der Waals surface area contributed by atoms with E-state index in [2.05, 4.69) is 11.4 Å². The number of carbonyl (C=O) groups is 1. The Hall–Kier alpha value is -1.75. The zero-order valence-electron chi connectivity index (χ0n) is 10.0. The molecule has 0 bridgehead atoms. The van der Waals surface area contributed by atoms with Gasteiger partial charge in [-0.05, 0) is 30.0 Å². The molecule has 1 fully saturated rings. The van der Waals surface area contributed by atoms with Gasteiger partial charge in [0.1, 0.15) is 12.4 Å². The van der Waals surface area contributed by atoms with Gasteiger partial charge in [0.2, 0.25) is 0 Å². The Morgan fingerprint density at radius 1 is 1.50 bits per heavy atom. The molecule has 3 N–H and O–H groups in total. The Morgan fingerprint density at radius 2 is 2.39 bits per heavy atom. The lowest BCUT2D eigenvalue weighted by molar-refractivity contribution is 0.104. The van der Waals surface area contributed by atoms with Gasteiger partial charge in [-0.2, -0.15) is 0 Å². The van der Waals surface area contributed by atoms with E-state index in [1.54, 1.807) is 0 Å². The van der Waals surface area contributed by atoms with E-state index in [4.69, 9.17) is 15.2 Å². The number of hydrogen-bond acceptors (Lipinski definition) is 4. The maximum absolute atomic E-state index is 10.9. The molecule has 0 radical (unpaired) electrons. The van der Waals surface area contributed by atoms with Crippen LogP contribution in [0.3, 0.4) is 0 Å². The average Bonchev–Trinajstić information content (AvgIpc) is 2.94. The van der Waals surface area contributed by atoms with E-state index in [-0.39, 0.29) is 18.2 Å². The summed E-state index contributed by atoms with van der Waals surface area (Å²) in [6.45, 7) is 0.887. The first-order chi connectivity index (χ1) is 8.74. The molecule has 3 rings (SSSR count). The van der Waals surface area contributed by atoms with Gasteiger partial charge in [-0.15, -0.1) is 0 Å². The van der Waals surface area contributed by atoms with Crippen molar-refractivity contribution in [1.82, 2.24) is 5.32 Å². The van der Waals surface area contributed by atoms with Crippen LogP contribution in [-0.4, -0.2) is 25.3 Å². The molecule has 1 heterocycles. The van der Waals surface area contributed by atoms with Gasteiger partial charge < -0.3 is 20.5 Å². The third kappa shape index (κ3) is 2.01. The highest BCUT2D eigenvalue weighted by atomic mass is 16.6. The fraction of sp³-hybridized carbons (Fsp3) is 0.462. The second kappa shape index (κ2) is 4.49. The van der Waals surface area contributed by atoms with Gasteiger partial charge in [-0.25, -0.2) is 4.79 Å². The summed E-state index contributed by atoms with van der Waals surface area (Å²) in [4.78, 5) is 10.9. The number of alkyl carbamates (subject to hydrolysis) is 1. The molecule has 0 spiro atoms. The van der Waals surface area contributed by atoms with Gasteiger partial charge in [0.25, 0.3) is 0 Å². The standard InChI is InChI=1S/C13H16N2O3/c14-11-5-4-10-9(11)2-1-3-12(10)17-7-8-6-15-13(16)18-8/h1-3,8,11H,4-7,14H2,(H,15,16). The first kappa shape index (κ1) is 11.3. The van der Waals surface area contributed by atoms with E-state index in [0.717, 1.165) is 18.6 Å². The Balaban J connectivity index is 1.68. The first-order valence-electron chi connectivity index (χ1n) is 6.18. The van der Waals surface area contributed by atoms with E-state index >= 15 is 0 Å². The molecule has 1 aliphatic carbocycles. The number of amides is 1. The second-order valence-electron chi connectivity index (χ2n) is 4.69. The average molecular weight is 248 g/mol. The molecule has 1 aliphatic heterocycles. The number of fused-ring (bicyclic) bond motifs is 1. The van der Waals surface area contributed by atoms with Crippen molar-refractivity contribution >= 4 is 6.09 Å². The lowest BCUT2D eigenvalue weighted by Crippen LogP contribution is -2.22. The van der Waals surface area contributed by atoms with Crippen molar-refractivity contribution in [3.63, 3.8) is 0 Å². The Bertz CT molecular complexity index is 475. The van der Waals surface area contributed by atoms with Crippen LogP contribution in [0, 0.1) is 0 Å². The third-order valence-corrected chi connectivity index (χ3v) is 3.45. The number of ether oxygens (including phenoxy) is 2. The van der Waals surface area contributed by atoms with Crippen molar-refractivity contribution in [3.05, 3.63) is 29.3 Å². The molecule has 0 aromatic heterocycles. The van der Waals surface area contributed by atoms with Gasteiger partial charge >= 0.3 is 6.09 Å². The van der Waals surface area contributed by atoms with Gasteiger partial charge in [0.15, 0.2) is 6.10 Å². The smallest absolute Gasteiger partial charge is 0.407 e. The van der Waals surface area contributed by atoms with E-state index in [9.17, 15) is 4.79 Å². The molecule has 2 aliphatic rings. The molecule has 5 nitrogen and oxygen atoms in total. The number of cyclic esters (lactones) is 1. The van der Waals surface area contributed by atoms with Crippen molar-refractivity contribution < 1.29 is 14.3 Å². The first-order valence-corrected chi connectivity index (χ1v) is 6.18. The van der Waals surface area contributed by atoms with Crippen LogP contribution < -0.4 is 15.8 Å². The number of rotatable bonds is 3.